The second-order valence-corrected chi connectivity index (χ2v) is 4.78. The van der Waals surface area contributed by atoms with Gasteiger partial charge in [-0.2, -0.15) is 5.10 Å². The smallest absolute Gasteiger partial charge is 0.195 e. The molecule has 0 saturated heterocycles. The second kappa shape index (κ2) is 4.06. The predicted molar refractivity (Wildman–Crippen MR) is 59.9 cm³/mol. The molecule has 1 aromatic heterocycles. The summed E-state index contributed by atoms with van der Waals surface area (Å²) < 4.78 is 2.57. The van der Waals surface area contributed by atoms with Crippen LogP contribution in [-0.2, 0) is 13.2 Å². The van der Waals surface area contributed by atoms with Gasteiger partial charge in [-0.15, -0.1) is 0 Å². The van der Waals surface area contributed by atoms with Gasteiger partial charge < -0.3 is 9.67 Å². The van der Waals surface area contributed by atoms with Crippen LogP contribution in [0.2, 0.25) is 0 Å². The van der Waals surface area contributed by atoms with Crippen LogP contribution in [0, 0.1) is 10.2 Å². The fraction of sp³-hybridized carbons (Fsp3) is 0.800. The van der Waals surface area contributed by atoms with Gasteiger partial charge in [-0.3, -0.25) is 5.10 Å². The zero-order valence-electron chi connectivity index (χ0n) is 8.99. The van der Waals surface area contributed by atoms with E-state index in [1.807, 2.05) is 4.57 Å². The first-order chi connectivity index (χ1) is 7.21. The summed E-state index contributed by atoms with van der Waals surface area (Å²) in [4.78, 5) is 0. The van der Waals surface area contributed by atoms with E-state index in [2.05, 4.69) is 17.1 Å². The molecule has 0 spiro atoms. The minimum Gasteiger partial charge on any atom is -0.388 e. The van der Waals surface area contributed by atoms with Crippen LogP contribution < -0.4 is 0 Å². The number of rotatable bonds is 4. The Hall–Kier alpha value is -0.680. The first-order valence-electron chi connectivity index (χ1n) is 5.46. The molecule has 4 nitrogen and oxygen atoms in total. The first-order valence-corrected chi connectivity index (χ1v) is 5.86. The van der Waals surface area contributed by atoms with E-state index < -0.39 is 0 Å². The largest absolute Gasteiger partial charge is 0.388 e. The van der Waals surface area contributed by atoms with Crippen molar-refractivity contribution in [2.24, 2.45) is 5.41 Å². The SMILES string of the molecule is CCC1(Cn2c(CO)n[nH]c2=S)CCC1. The number of aliphatic hydroxyl groups is 1. The van der Waals surface area contributed by atoms with Crippen molar-refractivity contribution in [1.82, 2.24) is 14.8 Å². The van der Waals surface area contributed by atoms with Crippen LogP contribution in [0.3, 0.4) is 0 Å². The number of aromatic amines is 1. The van der Waals surface area contributed by atoms with Gasteiger partial charge in [0, 0.05) is 6.54 Å². The number of hydrogen-bond donors (Lipinski definition) is 2. The lowest BCUT2D eigenvalue weighted by molar-refractivity contribution is 0.0960. The van der Waals surface area contributed by atoms with Gasteiger partial charge in [-0.1, -0.05) is 13.3 Å². The van der Waals surface area contributed by atoms with Gasteiger partial charge in [0.25, 0.3) is 0 Å². The number of H-pyrrole nitrogens is 1. The van der Waals surface area contributed by atoms with E-state index in [9.17, 15) is 0 Å². The molecular weight excluding hydrogens is 210 g/mol. The standard InChI is InChI=1S/C10H17N3OS/c1-2-10(4-3-5-10)7-13-8(6-14)11-12-9(13)15/h14H,2-7H2,1H3,(H,12,15). The highest BCUT2D eigenvalue weighted by Crippen LogP contribution is 2.45. The molecule has 5 heteroatoms. The molecule has 0 aromatic carbocycles. The lowest BCUT2D eigenvalue weighted by atomic mass is 9.67. The maximum absolute atomic E-state index is 9.14. The average molecular weight is 227 g/mol. The number of nitrogens with zero attached hydrogens (tertiary/aromatic N) is 2. The van der Waals surface area contributed by atoms with Gasteiger partial charge >= 0.3 is 0 Å². The molecule has 0 radical (unpaired) electrons. The molecule has 0 bridgehead atoms. The summed E-state index contributed by atoms with van der Waals surface area (Å²) in [5.41, 5.74) is 0.395. The molecule has 2 rings (SSSR count). The van der Waals surface area contributed by atoms with Gasteiger partial charge in [0.2, 0.25) is 0 Å². The maximum atomic E-state index is 9.14. The molecule has 1 aliphatic rings. The van der Waals surface area contributed by atoms with Crippen molar-refractivity contribution in [3.63, 3.8) is 0 Å². The number of aliphatic hydroxyl groups excluding tert-OH is 1. The molecule has 0 unspecified atom stereocenters. The summed E-state index contributed by atoms with van der Waals surface area (Å²) in [5, 5.41) is 15.9. The Morgan fingerprint density at radius 3 is 2.80 bits per heavy atom. The summed E-state index contributed by atoms with van der Waals surface area (Å²) >= 11 is 5.16. The maximum Gasteiger partial charge on any atom is 0.195 e. The second-order valence-electron chi connectivity index (χ2n) is 4.40. The Morgan fingerprint density at radius 2 is 2.33 bits per heavy atom. The quantitative estimate of drug-likeness (QED) is 0.774. The van der Waals surface area contributed by atoms with E-state index in [0.717, 1.165) is 6.54 Å². The molecule has 0 amide bonds. The molecule has 1 saturated carbocycles. The molecule has 1 aromatic rings. The Morgan fingerprint density at radius 1 is 1.60 bits per heavy atom. The van der Waals surface area contributed by atoms with Gasteiger partial charge in [0.15, 0.2) is 10.6 Å². The number of hydrogen-bond acceptors (Lipinski definition) is 3. The Balaban J connectivity index is 2.22. The predicted octanol–water partition coefficient (Wildman–Crippen LogP) is 2.01. The monoisotopic (exact) mass is 227 g/mol. The van der Waals surface area contributed by atoms with Crippen LogP contribution in [0.1, 0.15) is 38.4 Å². The van der Waals surface area contributed by atoms with Gasteiger partial charge in [0.1, 0.15) is 6.61 Å². The van der Waals surface area contributed by atoms with E-state index in [-0.39, 0.29) is 6.61 Å². The van der Waals surface area contributed by atoms with Crippen LogP contribution in [0.25, 0.3) is 0 Å². The first kappa shape index (κ1) is 10.8. The highest BCUT2D eigenvalue weighted by Gasteiger charge is 2.36. The summed E-state index contributed by atoms with van der Waals surface area (Å²) in [6.45, 7) is 3.07. The van der Waals surface area contributed by atoms with Crippen LogP contribution in [-0.4, -0.2) is 19.9 Å². The third-order valence-electron chi connectivity index (χ3n) is 3.64. The summed E-state index contributed by atoms with van der Waals surface area (Å²) in [7, 11) is 0. The number of nitrogens with one attached hydrogen (secondary N) is 1. The number of aromatic nitrogens is 3. The van der Waals surface area contributed by atoms with Crippen molar-refractivity contribution in [3.05, 3.63) is 10.6 Å². The molecular formula is C10H17N3OS. The van der Waals surface area contributed by atoms with E-state index in [4.69, 9.17) is 17.3 Å². The normalized spacial score (nSPS) is 18.8. The third kappa shape index (κ3) is 1.86. The van der Waals surface area contributed by atoms with Crippen molar-refractivity contribution >= 4 is 12.2 Å². The van der Waals surface area contributed by atoms with Crippen molar-refractivity contribution in [2.75, 3.05) is 0 Å². The fourth-order valence-corrected chi connectivity index (χ4v) is 2.49. The van der Waals surface area contributed by atoms with E-state index >= 15 is 0 Å². The van der Waals surface area contributed by atoms with Crippen molar-refractivity contribution in [1.29, 1.82) is 0 Å². The topological polar surface area (TPSA) is 53.8 Å². The third-order valence-corrected chi connectivity index (χ3v) is 3.95. The van der Waals surface area contributed by atoms with Crippen molar-refractivity contribution in [2.45, 2.75) is 45.8 Å². The van der Waals surface area contributed by atoms with Gasteiger partial charge in [0.05, 0.1) is 0 Å². The van der Waals surface area contributed by atoms with Gasteiger partial charge in [-0.25, -0.2) is 0 Å². The van der Waals surface area contributed by atoms with Crippen LogP contribution in [0.15, 0.2) is 0 Å². The van der Waals surface area contributed by atoms with Crippen LogP contribution in [0.5, 0.6) is 0 Å². The zero-order chi connectivity index (χ0) is 10.9. The highest BCUT2D eigenvalue weighted by molar-refractivity contribution is 7.71. The lowest BCUT2D eigenvalue weighted by Crippen LogP contribution is -2.34. The molecule has 15 heavy (non-hydrogen) atoms. The molecule has 0 aliphatic heterocycles. The lowest BCUT2D eigenvalue weighted by Gasteiger charge is -2.41. The average Bonchev–Trinajstić information content (AvgIpc) is 2.53. The van der Waals surface area contributed by atoms with Crippen LogP contribution in [0.4, 0.5) is 0 Å². The van der Waals surface area contributed by atoms with E-state index in [0.29, 0.717) is 16.0 Å². The Labute approximate surface area is 94.3 Å². The van der Waals surface area contributed by atoms with E-state index in [1.54, 1.807) is 0 Å². The summed E-state index contributed by atoms with van der Waals surface area (Å²) in [6, 6.07) is 0. The molecule has 0 atom stereocenters. The molecule has 1 heterocycles. The van der Waals surface area contributed by atoms with Crippen molar-refractivity contribution < 1.29 is 5.11 Å². The minimum atomic E-state index is -0.0487. The zero-order valence-corrected chi connectivity index (χ0v) is 9.81. The fourth-order valence-electron chi connectivity index (χ4n) is 2.27. The molecule has 1 fully saturated rings. The van der Waals surface area contributed by atoms with Crippen LogP contribution >= 0.6 is 12.2 Å². The molecule has 1 aliphatic carbocycles. The van der Waals surface area contributed by atoms with E-state index in [1.165, 1.54) is 25.7 Å². The Bertz CT molecular complexity index is 386. The summed E-state index contributed by atoms with van der Waals surface area (Å²) in [6.07, 6.45) is 5.01. The highest BCUT2D eigenvalue weighted by atomic mass is 32.1. The Kier molecular flexibility index (Phi) is 2.93. The molecule has 2 N–H and O–H groups in total. The van der Waals surface area contributed by atoms with Crippen molar-refractivity contribution in [3.8, 4) is 0 Å². The minimum absolute atomic E-state index is 0.0487. The molecule has 84 valence electrons. The van der Waals surface area contributed by atoms with Gasteiger partial charge in [-0.05, 0) is 36.9 Å². The summed E-state index contributed by atoms with van der Waals surface area (Å²) in [5.74, 6) is 0.653.